The second kappa shape index (κ2) is 6.30. The van der Waals surface area contributed by atoms with Crippen molar-refractivity contribution < 1.29 is 14.0 Å². The predicted molar refractivity (Wildman–Crippen MR) is 107 cm³/mol. The van der Waals surface area contributed by atoms with Gasteiger partial charge >= 0.3 is 0 Å². The molecule has 1 atom stereocenters. The third kappa shape index (κ3) is 2.65. The fourth-order valence-electron chi connectivity index (χ4n) is 4.05. The first-order chi connectivity index (χ1) is 13.9. The third-order valence-electron chi connectivity index (χ3n) is 5.38. The number of fused-ring (bicyclic) bond motifs is 4. The van der Waals surface area contributed by atoms with E-state index in [9.17, 15) is 14.0 Å². The van der Waals surface area contributed by atoms with E-state index in [1.165, 1.54) is 16.8 Å². The van der Waals surface area contributed by atoms with E-state index < -0.39 is 11.2 Å². The van der Waals surface area contributed by atoms with Gasteiger partial charge in [0, 0.05) is 22.7 Å². The molecule has 0 aliphatic carbocycles. The number of hydrogen-bond acceptors (Lipinski definition) is 3. The summed E-state index contributed by atoms with van der Waals surface area (Å²) in [4.78, 5) is 25.6. The summed E-state index contributed by atoms with van der Waals surface area (Å²) >= 11 is 11.9. The van der Waals surface area contributed by atoms with Crippen molar-refractivity contribution in [3.8, 4) is 0 Å². The molecule has 6 nitrogen and oxygen atoms in total. The minimum Gasteiger partial charge on any atom is -0.325 e. The summed E-state index contributed by atoms with van der Waals surface area (Å²) in [5.74, 6) is -0.753. The number of hydrogen-bond donors (Lipinski definition) is 2. The molecule has 0 fully saturated rings. The average Bonchev–Trinajstić information content (AvgIpc) is 3.19. The Bertz CT molecular complexity index is 1210. The highest BCUT2D eigenvalue weighted by Crippen LogP contribution is 2.50. The van der Waals surface area contributed by atoms with Crippen molar-refractivity contribution in [2.45, 2.75) is 18.4 Å². The Morgan fingerprint density at radius 1 is 1.10 bits per heavy atom. The van der Waals surface area contributed by atoms with Crippen molar-refractivity contribution in [1.82, 2.24) is 9.78 Å². The first-order valence-corrected chi connectivity index (χ1v) is 9.55. The van der Waals surface area contributed by atoms with E-state index in [4.69, 9.17) is 23.2 Å². The van der Waals surface area contributed by atoms with E-state index >= 15 is 0 Å². The maximum atomic E-state index is 13.8. The molecule has 2 N–H and O–H groups in total. The number of anilines is 2. The van der Waals surface area contributed by atoms with E-state index in [-0.39, 0.29) is 29.8 Å². The summed E-state index contributed by atoms with van der Waals surface area (Å²) in [5.41, 5.74) is 1.24. The van der Waals surface area contributed by atoms with Crippen molar-refractivity contribution in [1.29, 1.82) is 0 Å². The smallest absolute Gasteiger partial charge is 0.240 e. The molecule has 1 spiro atoms. The Balaban J connectivity index is 1.64. The van der Waals surface area contributed by atoms with Crippen LogP contribution in [0.4, 0.5) is 15.9 Å². The van der Waals surface area contributed by atoms with Gasteiger partial charge in [0.25, 0.3) is 0 Å². The molecular weight excluding hydrogens is 418 g/mol. The van der Waals surface area contributed by atoms with E-state index in [1.54, 1.807) is 30.5 Å². The number of carbonyl (C=O) groups is 2. The molecule has 3 heterocycles. The summed E-state index contributed by atoms with van der Waals surface area (Å²) in [6, 6.07) is 9.55. The molecule has 3 aromatic rings. The lowest BCUT2D eigenvalue weighted by Gasteiger charge is -2.31. The highest BCUT2D eigenvalue weighted by atomic mass is 35.5. The molecule has 146 valence electrons. The molecule has 0 bridgehead atoms. The highest BCUT2D eigenvalue weighted by molar-refractivity contribution is 6.31. The van der Waals surface area contributed by atoms with Crippen LogP contribution in [0.25, 0.3) is 0 Å². The van der Waals surface area contributed by atoms with Crippen LogP contribution in [0.5, 0.6) is 0 Å². The van der Waals surface area contributed by atoms with Gasteiger partial charge in [0.15, 0.2) is 0 Å². The van der Waals surface area contributed by atoms with Crippen LogP contribution in [0.1, 0.15) is 23.1 Å². The van der Waals surface area contributed by atoms with Crippen molar-refractivity contribution in [2.75, 3.05) is 10.6 Å². The third-order valence-corrected chi connectivity index (χ3v) is 5.92. The largest absolute Gasteiger partial charge is 0.325 e. The number of benzene rings is 2. The van der Waals surface area contributed by atoms with Gasteiger partial charge in [-0.3, -0.25) is 9.59 Å². The van der Waals surface area contributed by atoms with E-state index in [0.717, 1.165) is 0 Å². The topological polar surface area (TPSA) is 76.0 Å². The maximum absolute atomic E-state index is 13.8. The number of aromatic nitrogens is 2. The maximum Gasteiger partial charge on any atom is 0.240 e. The SMILES string of the molecule is O=C1CC2(C(=O)Nc3ccc(Cl)cc32)c2cnn(Cc3ccc(Cl)c(F)c3)c2N1. The van der Waals surface area contributed by atoms with Crippen molar-refractivity contribution >= 4 is 46.5 Å². The number of nitrogens with one attached hydrogen (secondary N) is 2. The number of amides is 2. The van der Waals surface area contributed by atoms with Crippen molar-refractivity contribution in [2.24, 2.45) is 0 Å². The summed E-state index contributed by atoms with van der Waals surface area (Å²) in [6.45, 7) is 0.198. The van der Waals surface area contributed by atoms with Gasteiger partial charge in [-0.05, 0) is 41.5 Å². The fraction of sp³-hybridized carbons (Fsp3) is 0.150. The molecule has 2 aliphatic rings. The predicted octanol–water partition coefficient (Wildman–Crippen LogP) is 3.96. The Kier molecular flexibility index (Phi) is 3.94. The molecule has 5 rings (SSSR count). The van der Waals surface area contributed by atoms with Crippen LogP contribution in [-0.2, 0) is 21.5 Å². The van der Waals surface area contributed by atoms with Crippen LogP contribution >= 0.6 is 23.2 Å². The Morgan fingerprint density at radius 2 is 1.93 bits per heavy atom. The van der Waals surface area contributed by atoms with Gasteiger partial charge in [0.2, 0.25) is 11.8 Å². The molecule has 2 amide bonds. The molecule has 0 radical (unpaired) electrons. The van der Waals surface area contributed by atoms with Gasteiger partial charge in [-0.2, -0.15) is 5.10 Å². The average molecular weight is 431 g/mol. The zero-order valence-electron chi connectivity index (χ0n) is 14.8. The summed E-state index contributed by atoms with van der Waals surface area (Å²) < 4.78 is 15.3. The van der Waals surface area contributed by atoms with Gasteiger partial charge in [0.05, 0.1) is 17.8 Å². The number of carbonyl (C=O) groups excluding carboxylic acids is 2. The van der Waals surface area contributed by atoms with Gasteiger partial charge in [0.1, 0.15) is 17.1 Å². The first-order valence-electron chi connectivity index (χ1n) is 8.80. The monoisotopic (exact) mass is 430 g/mol. The minimum absolute atomic E-state index is 0.0274. The quantitative estimate of drug-likeness (QED) is 0.645. The van der Waals surface area contributed by atoms with Crippen LogP contribution in [0, 0.1) is 5.82 Å². The zero-order valence-corrected chi connectivity index (χ0v) is 16.3. The van der Waals surface area contributed by atoms with Crippen LogP contribution in [0.15, 0.2) is 42.6 Å². The van der Waals surface area contributed by atoms with E-state index in [2.05, 4.69) is 15.7 Å². The number of rotatable bonds is 2. The van der Waals surface area contributed by atoms with Gasteiger partial charge in [-0.25, -0.2) is 9.07 Å². The van der Waals surface area contributed by atoms with Gasteiger partial charge < -0.3 is 10.6 Å². The van der Waals surface area contributed by atoms with Crippen LogP contribution in [-0.4, -0.2) is 21.6 Å². The molecule has 1 aromatic heterocycles. The molecule has 29 heavy (non-hydrogen) atoms. The Hall–Kier alpha value is -2.90. The van der Waals surface area contributed by atoms with Crippen LogP contribution in [0.2, 0.25) is 10.0 Å². The summed E-state index contributed by atoms with van der Waals surface area (Å²) in [6.07, 6.45) is 1.51. The molecule has 2 aliphatic heterocycles. The summed E-state index contributed by atoms with van der Waals surface area (Å²) in [5, 5.41) is 10.5. The summed E-state index contributed by atoms with van der Waals surface area (Å²) in [7, 11) is 0. The van der Waals surface area contributed by atoms with Crippen molar-refractivity contribution in [3.63, 3.8) is 0 Å². The zero-order chi connectivity index (χ0) is 20.3. The highest BCUT2D eigenvalue weighted by Gasteiger charge is 2.54. The lowest BCUT2D eigenvalue weighted by Crippen LogP contribution is -2.43. The molecule has 2 aromatic carbocycles. The van der Waals surface area contributed by atoms with Gasteiger partial charge in [-0.15, -0.1) is 0 Å². The van der Waals surface area contributed by atoms with Gasteiger partial charge in [-0.1, -0.05) is 29.3 Å². The molecule has 0 saturated heterocycles. The Labute approximate surface area is 174 Å². The van der Waals surface area contributed by atoms with Crippen LogP contribution < -0.4 is 10.6 Å². The molecule has 9 heteroatoms. The molecular formula is C20H13Cl2FN4O2. The number of nitrogens with zero attached hydrogens (tertiary/aromatic N) is 2. The lowest BCUT2D eigenvalue weighted by molar-refractivity contribution is -0.125. The van der Waals surface area contributed by atoms with E-state index in [1.807, 2.05) is 0 Å². The number of halogens is 3. The lowest BCUT2D eigenvalue weighted by atomic mass is 9.72. The second-order valence-corrected chi connectivity index (χ2v) is 7.93. The minimum atomic E-state index is -1.21. The standard InChI is InChI=1S/C20H13Cl2FN4O2/c21-11-2-4-16-12(6-11)20(19(29)25-16)7-17(28)26-18-13(20)8-24-27(18)9-10-1-3-14(22)15(23)5-10/h1-6,8H,7,9H2,(H,25,29)(H,26,28). The second-order valence-electron chi connectivity index (χ2n) is 7.09. The molecule has 1 unspecified atom stereocenters. The van der Waals surface area contributed by atoms with Crippen LogP contribution in [0.3, 0.4) is 0 Å². The fourth-order valence-corrected chi connectivity index (χ4v) is 4.34. The normalized spacial score (nSPS) is 19.7. The Morgan fingerprint density at radius 3 is 2.72 bits per heavy atom. The first kappa shape index (κ1) is 18.1. The van der Waals surface area contributed by atoms with E-state index in [0.29, 0.717) is 33.2 Å². The molecule has 0 saturated carbocycles. The van der Waals surface area contributed by atoms with Crippen molar-refractivity contribution in [3.05, 3.63) is 75.1 Å².